The maximum Gasteiger partial charge on any atom is 0.129 e. The number of hydrogen-bond donors (Lipinski definition) is 0. The van der Waals surface area contributed by atoms with Crippen LogP contribution in [0.5, 0.6) is 0 Å². The van der Waals surface area contributed by atoms with Gasteiger partial charge in [-0.3, -0.25) is 0 Å². The molecule has 0 radical (unpaired) electrons. The SMILES string of the molecule is ClCCC1CCN(c2ccc3ccccc3n2)C1. The summed E-state index contributed by atoms with van der Waals surface area (Å²) in [7, 11) is 0. The number of fused-ring (bicyclic) bond motifs is 1. The van der Waals surface area contributed by atoms with Crippen LogP contribution in [0.2, 0.25) is 0 Å². The summed E-state index contributed by atoms with van der Waals surface area (Å²) in [5.74, 6) is 2.60. The van der Waals surface area contributed by atoms with Crippen molar-refractivity contribution in [3.05, 3.63) is 36.4 Å². The third kappa shape index (κ3) is 2.30. The van der Waals surface area contributed by atoms with Crippen molar-refractivity contribution in [1.82, 2.24) is 4.98 Å². The molecular weight excluding hydrogens is 244 g/mol. The highest BCUT2D eigenvalue weighted by Gasteiger charge is 2.22. The molecule has 1 saturated heterocycles. The Balaban J connectivity index is 1.82. The summed E-state index contributed by atoms with van der Waals surface area (Å²) in [6.07, 6.45) is 2.35. The Bertz CT molecular complexity index is 541. The number of nitrogens with zero attached hydrogens (tertiary/aromatic N) is 2. The van der Waals surface area contributed by atoms with Crippen LogP contribution in [0.25, 0.3) is 10.9 Å². The molecule has 1 fully saturated rings. The summed E-state index contributed by atoms with van der Waals surface area (Å²) in [5, 5.41) is 1.21. The zero-order valence-electron chi connectivity index (χ0n) is 10.3. The van der Waals surface area contributed by atoms with E-state index in [2.05, 4.69) is 35.2 Å². The standard InChI is InChI=1S/C15H17ClN2/c16-9-7-12-8-10-18(11-12)15-6-5-13-3-1-2-4-14(13)17-15/h1-6,12H,7-11H2. The number of para-hydroxylation sites is 1. The topological polar surface area (TPSA) is 16.1 Å². The molecule has 1 unspecified atom stereocenters. The average molecular weight is 261 g/mol. The lowest BCUT2D eigenvalue weighted by Gasteiger charge is -2.17. The first-order valence-corrected chi connectivity index (χ1v) is 7.07. The molecule has 1 aromatic heterocycles. The molecule has 0 N–H and O–H groups in total. The van der Waals surface area contributed by atoms with Gasteiger partial charge < -0.3 is 4.90 Å². The summed E-state index contributed by atoms with van der Waals surface area (Å²) in [5.41, 5.74) is 1.08. The zero-order valence-corrected chi connectivity index (χ0v) is 11.1. The molecule has 2 heterocycles. The van der Waals surface area contributed by atoms with E-state index in [0.717, 1.165) is 42.6 Å². The molecule has 0 amide bonds. The molecule has 0 aliphatic carbocycles. The normalized spacial score (nSPS) is 19.6. The predicted octanol–water partition coefficient (Wildman–Crippen LogP) is 3.69. The van der Waals surface area contributed by atoms with Crippen LogP contribution < -0.4 is 4.90 Å². The van der Waals surface area contributed by atoms with Crippen LogP contribution in [0, 0.1) is 5.92 Å². The fourth-order valence-corrected chi connectivity index (χ4v) is 2.97. The van der Waals surface area contributed by atoms with Crippen molar-refractivity contribution in [2.24, 2.45) is 5.92 Å². The summed E-state index contributed by atoms with van der Waals surface area (Å²) in [6, 6.07) is 12.6. The maximum atomic E-state index is 5.82. The average Bonchev–Trinajstić information content (AvgIpc) is 2.87. The van der Waals surface area contributed by atoms with Crippen LogP contribution in [0.1, 0.15) is 12.8 Å². The van der Waals surface area contributed by atoms with Crippen molar-refractivity contribution in [2.45, 2.75) is 12.8 Å². The van der Waals surface area contributed by atoms with Crippen molar-refractivity contribution < 1.29 is 0 Å². The van der Waals surface area contributed by atoms with Gasteiger partial charge in [-0.05, 0) is 37.0 Å². The van der Waals surface area contributed by atoms with Crippen molar-refractivity contribution in [3.8, 4) is 0 Å². The zero-order chi connectivity index (χ0) is 12.4. The first-order valence-electron chi connectivity index (χ1n) is 6.53. The molecule has 2 nitrogen and oxygen atoms in total. The van der Waals surface area contributed by atoms with Crippen molar-refractivity contribution in [2.75, 3.05) is 23.9 Å². The summed E-state index contributed by atoms with van der Waals surface area (Å²) in [4.78, 5) is 7.12. The van der Waals surface area contributed by atoms with Gasteiger partial charge in [-0.25, -0.2) is 4.98 Å². The van der Waals surface area contributed by atoms with Crippen molar-refractivity contribution in [1.29, 1.82) is 0 Å². The highest BCUT2D eigenvalue weighted by molar-refractivity contribution is 6.17. The van der Waals surface area contributed by atoms with Crippen molar-refractivity contribution >= 4 is 28.3 Å². The van der Waals surface area contributed by atoms with Gasteiger partial charge >= 0.3 is 0 Å². The van der Waals surface area contributed by atoms with Gasteiger partial charge in [0.05, 0.1) is 5.52 Å². The highest BCUT2D eigenvalue weighted by atomic mass is 35.5. The molecule has 1 atom stereocenters. The molecule has 18 heavy (non-hydrogen) atoms. The fraction of sp³-hybridized carbons (Fsp3) is 0.400. The number of hydrogen-bond acceptors (Lipinski definition) is 2. The second kappa shape index (κ2) is 5.15. The molecule has 0 spiro atoms. The largest absolute Gasteiger partial charge is 0.356 e. The second-order valence-electron chi connectivity index (χ2n) is 4.94. The first-order chi connectivity index (χ1) is 8.86. The van der Waals surface area contributed by atoms with Crippen LogP contribution in [0.4, 0.5) is 5.82 Å². The smallest absolute Gasteiger partial charge is 0.129 e. The quantitative estimate of drug-likeness (QED) is 0.783. The van der Waals surface area contributed by atoms with E-state index in [9.17, 15) is 0 Å². The van der Waals surface area contributed by atoms with Gasteiger partial charge in [0.25, 0.3) is 0 Å². The lowest BCUT2D eigenvalue weighted by molar-refractivity contribution is 0.572. The number of alkyl halides is 1. The number of halogens is 1. The number of anilines is 1. The van der Waals surface area contributed by atoms with Gasteiger partial charge in [-0.2, -0.15) is 0 Å². The summed E-state index contributed by atoms with van der Waals surface area (Å²) < 4.78 is 0. The van der Waals surface area contributed by atoms with E-state index >= 15 is 0 Å². The molecule has 1 aliphatic heterocycles. The Morgan fingerprint density at radius 1 is 1.22 bits per heavy atom. The Morgan fingerprint density at radius 2 is 2.11 bits per heavy atom. The minimum Gasteiger partial charge on any atom is -0.356 e. The van der Waals surface area contributed by atoms with Crippen LogP contribution in [0.3, 0.4) is 0 Å². The van der Waals surface area contributed by atoms with Gasteiger partial charge in [0.2, 0.25) is 0 Å². The Hall–Kier alpha value is -1.28. The van der Waals surface area contributed by atoms with Crippen LogP contribution in [0.15, 0.2) is 36.4 Å². The second-order valence-corrected chi connectivity index (χ2v) is 5.32. The monoisotopic (exact) mass is 260 g/mol. The predicted molar refractivity (Wildman–Crippen MR) is 77.4 cm³/mol. The molecular formula is C15H17ClN2. The molecule has 1 aliphatic rings. The third-order valence-electron chi connectivity index (χ3n) is 3.71. The van der Waals surface area contributed by atoms with Gasteiger partial charge in [-0.1, -0.05) is 18.2 Å². The van der Waals surface area contributed by atoms with E-state index in [-0.39, 0.29) is 0 Å². The van der Waals surface area contributed by atoms with Crippen LogP contribution >= 0.6 is 11.6 Å². The lowest BCUT2D eigenvalue weighted by Crippen LogP contribution is -2.20. The molecule has 0 bridgehead atoms. The molecule has 3 heteroatoms. The Kier molecular flexibility index (Phi) is 3.37. The van der Waals surface area contributed by atoms with Gasteiger partial charge in [0, 0.05) is 24.4 Å². The number of pyridine rings is 1. The van der Waals surface area contributed by atoms with Gasteiger partial charge in [0.15, 0.2) is 0 Å². The summed E-state index contributed by atoms with van der Waals surface area (Å²) in [6.45, 7) is 2.20. The van der Waals surface area contributed by atoms with E-state index in [1.807, 2.05) is 6.07 Å². The van der Waals surface area contributed by atoms with E-state index in [1.165, 1.54) is 11.8 Å². The highest BCUT2D eigenvalue weighted by Crippen LogP contribution is 2.26. The number of aromatic nitrogens is 1. The lowest BCUT2D eigenvalue weighted by atomic mass is 10.1. The van der Waals surface area contributed by atoms with E-state index < -0.39 is 0 Å². The van der Waals surface area contributed by atoms with E-state index in [1.54, 1.807) is 0 Å². The maximum absolute atomic E-state index is 5.82. The Labute approximate surface area is 113 Å². The Morgan fingerprint density at radius 3 is 3.00 bits per heavy atom. The van der Waals surface area contributed by atoms with Crippen molar-refractivity contribution in [3.63, 3.8) is 0 Å². The van der Waals surface area contributed by atoms with E-state index in [0.29, 0.717) is 0 Å². The van der Waals surface area contributed by atoms with Crippen LogP contribution in [-0.4, -0.2) is 24.0 Å². The minimum atomic E-state index is 0.732. The fourth-order valence-electron chi connectivity index (χ4n) is 2.66. The van der Waals surface area contributed by atoms with Gasteiger partial charge in [0.1, 0.15) is 5.82 Å². The molecule has 0 saturated carbocycles. The van der Waals surface area contributed by atoms with Crippen LogP contribution in [-0.2, 0) is 0 Å². The third-order valence-corrected chi connectivity index (χ3v) is 3.93. The molecule has 2 aromatic rings. The molecule has 1 aromatic carbocycles. The number of rotatable bonds is 3. The molecule has 94 valence electrons. The minimum absolute atomic E-state index is 0.732. The molecule has 3 rings (SSSR count). The van der Waals surface area contributed by atoms with E-state index in [4.69, 9.17) is 16.6 Å². The number of benzene rings is 1. The first kappa shape index (κ1) is 11.8. The summed E-state index contributed by atoms with van der Waals surface area (Å²) >= 11 is 5.82. The van der Waals surface area contributed by atoms with Gasteiger partial charge in [-0.15, -0.1) is 11.6 Å².